The van der Waals surface area contributed by atoms with Gasteiger partial charge < -0.3 is 19.2 Å². The van der Waals surface area contributed by atoms with Gasteiger partial charge in [-0.05, 0) is 42.5 Å². The number of alkyl halides is 4. The first-order valence-electron chi connectivity index (χ1n) is 23.1. The maximum atomic E-state index is 15.1. The summed E-state index contributed by atoms with van der Waals surface area (Å²) < 4.78 is 155. The van der Waals surface area contributed by atoms with Crippen molar-refractivity contribution in [3.63, 3.8) is 0 Å². The van der Waals surface area contributed by atoms with Crippen LogP contribution >= 0.6 is 0 Å². The van der Waals surface area contributed by atoms with Crippen molar-refractivity contribution in [2.75, 3.05) is 93.9 Å². The highest BCUT2D eigenvalue weighted by Gasteiger charge is 2.38. The van der Waals surface area contributed by atoms with Crippen molar-refractivity contribution in [1.82, 2.24) is 33.9 Å². The summed E-state index contributed by atoms with van der Waals surface area (Å²) in [7, 11) is -8.01. The molecule has 4 aromatic carbocycles. The molecule has 1 N–H and O–H groups in total. The van der Waals surface area contributed by atoms with Gasteiger partial charge in [-0.15, -0.1) is 10.2 Å². The zero-order chi connectivity index (χ0) is 51.9. The van der Waals surface area contributed by atoms with Crippen LogP contribution in [0.3, 0.4) is 0 Å². The van der Waals surface area contributed by atoms with E-state index in [1.54, 1.807) is 66.0 Å². The first kappa shape index (κ1) is 53.3. The third-order valence-electron chi connectivity index (χ3n) is 12.7. The van der Waals surface area contributed by atoms with E-state index >= 15 is 8.78 Å². The lowest BCUT2D eigenvalue weighted by atomic mass is 10.1. The fourth-order valence-corrected chi connectivity index (χ4v) is 11.5. The SMILES string of the molecule is O=C(CNC(=O)C(F)F)c1ccc(CN(c2ccccc2)S(=O)(=O)N2CCN(C3COC3)CC2)c(F)c1.O=S(=O)(N1CCN(C2COC2)CC1)N(Cc1ccc(-c2nnc(C(F)F)o2)cc1F)c1ccccc1. The van der Waals surface area contributed by atoms with Crippen LogP contribution in [-0.2, 0) is 47.8 Å². The highest BCUT2D eigenvalue weighted by molar-refractivity contribution is 7.90. The van der Waals surface area contributed by atoms with Gasteiger partial charge in [0.1, 0.15) is 11.6 Å². The lowest BCUT2D eigenvalue weighted by Gasteiger charge is -2.43. The molecule has 0 radical (unpaired) electrons. The fourth-order valence-electron chi connectivity index (χ4n) is 8.30. The predicted octanol–water partition coefficient (Wildman–Crippen LogP) is 4.74. The normalized spacial score (nSPS) is 17.6. The molecule has 392 valence electrons. The third-order valence-corrected chi connectivity index (χ3v) is 16.5. The second-order valence-electron chi connectivity index (χ2n) is 17.3. The van der Waals surface area contributed by atoms with Crippen molar-refractivity contribution in [3.8, 4) is 11.5 Å². The second kappa shape index (κ2) is 23.5. The van der Waals surface area contributed by atoms with Gasteiger partial charge in [-0.3, -0.25) is 28.0 Å². The summed E-state index contributed by atoms with van der Waals surface area (Å²) in [6, 6.07) is 24.7. The van der Waals surface area contributed by atoms with E-state index in [0.717, 1.165) is 16.4 Å². The van der Waals surface area contributed by atoms with Gasteiger partial charge in [0.2, 0.25) is 5.89 Å². The Labute approximate surface area is 417 Å². The van der Waals surface area contributed by atoms with Crippen LogP contribution in [0.1, 0.15) is 33.8 Å². The van der Waals surface area contributed by atoms with Crippen LogP contribution < -0.4 is 13.9 Å². The Bertz CT molecular complexity index is 2910. The van der Waals surface area contributed by atoms with E-state index in [1.165, 1.54) is 37.2 Å². The summed E-state index contributed by atoms with van der Waals surface area (Å²) in [5, 5.41) is 8.55. The standard InChI is InChI=1S/C24H27F3N4O5S.C23H24F3N5O4S/c25-21-12-17(22(32)13-28-24(33)23(26)27)6-7-18(21)14-31(19-4-2-1-3-5-19)37(34,35)30-10-8-29(9-11-30)20-15-36-16-20;24-20-12-16(22-27-28-23(35-22)21(25)26)6-7-17(20)13-31(18-4-2-1-3-5-18)36(32,33)30-10-8-29(9-11-30)19-14-34-15-19/h1-7,12,20,23H,8-11,13-16H2,(H,28,33);1-7,12,19,21H,8-11,13-15H2. The Kier molecular flexibility index (Phi) is 17.1. The number of ketones is 1. The van der Waals surface area contributed by atoms with E-state index in [1.807, 2.05) is 0 Å². The van der Waals surface area contributed by atoms with Gasteiger partial charge in [0.15, 0.2) is 5.78 Å². The summed E-state index contributed by atoms with van der Waals surface area (Å²) in [5.74, 6) is -5.04. The number of carbonyl (C=O) groups excluding carboxylic acids is 2. The molecule has 4 fully saturated rings. The average Bonchev–Trinajstić information content (AvgIpc) is 3.86. The summed E-state index contributed by atoms with van der Waals surface area (Å²) in [4.78, 5) is 27.6. The third kappa shape index (κ3) is 12.7. The van der Waals surface area contributed by atoms with E-state index in [9.17, 15) is 44.0 Å². The minimum absolute atomic E-state index is 0.0193. The molecule has 1 aromatic heterocycles. The molecule has 26 heteroatoms. The van der Waals surface area contributed by atoms with E-state index in [4.69, 9.17) is 13.9 Å². The highest BCUT2D eigenvalue weighted by atomic mass is 32.2. The maximum Gasteiger partial charge on any atom is 0.315 e. The first-order valence-corrected chi connectivity index (χ1v) is 25.9. The molecule has 0 unspecified atom stereocenters. The van der Waals surface area contributed by atoms with Crippen molar-refractivity contribution in [2.45, 2.75) is 38.0 Å². The molecule has 4 saturated heterocycles. The molecular weight excluding hydrogens is 1010 g/mol. The number of halogens is 6. The van der Waals surface area contributed by atoms with E-state index in [2.05, 4.69) is 20.0 Å². The zero-order valence-corrected chi connectivity index (χ0v) is 40.6. The molecular formula is C47H51F6N9O9S2. The van der Waals surface area contributed by atoms with Crippen molar-refractivity contribution >= 4 is 43.5 Å². The van der Waals surface area contributed by atoms with E-state index in [0.29, 0.717) is 89.2 Å². The van der Waals surface area contributed by atoms with Crippen molar-refractivity contribution in [2.24, 2.45) is 0 Å². The van der Waals surface area contributed by atoms with Crippen LogP contribution in [0.4, 0.5) is 37.7 Å². The van der Waals surface area contributed by atoms with Gasteiger partial charge in [0.25, 0.3) is 11.8 Å². The average molecular weight is 1060 g/mol. The van der Waals surface area contributed by atoms with Crippen LogP contribution in [-0.4, -0.2) is 161 Å². The van der Waals surface area contributed by atoms with Crippen molar-refractivity contribution < 1.29 is 66.7 Å². The summed E-state index contributed by atoms with van der Waals surface area (Å²) in [6.45, 7) is 4.76. The molecule has 0 aliphatic carbocycles. The molecule has 5 aromatic rings. The summed E-state index contributed by atoms with van der Waals surface area (Å²) >= 11 is 0. The number of amides is 1. The second-order valence-corrected chi connectivity index (χ2v) is 21.0. The molecule has 5 heterocycles. The van der Waals surface area contributed by atoms with Gasteiger partial charge in [0.05, 0.1) is 69.5 Å². The number of carbonyl (C=O) groups is 2. The quantitative estimate of drug-likeness (QED) is 0.0937. The fraction of sp³-hybridized carbons (Fsp3) is 0.404. The first-order chi connectivity index (χ1) is 35.0. The van der Waals surface area contributed by atoms with E-state index in [-0.39, 0.29) is 54.3 Å². The number of rotatable bonds is 18. The van der Waals surface area contributed by atoms with Crippen LogP contribution in [0, 0.1) is 11.6 Å². The Hall–Kier alpha value is -6.00. The number of para-hydroxylation sites is 2. The molecule has 0 saturated carbocycles. The predicted molar refractivity (Wildman–Crippen MR) is 253 cm³/mol. The molecule has 1 amide bonds. The summed E-state index contributed by atoms with van der Waals surface area (Å²) in [5.41, 5.74) is 0.846. The number of aromatic nitrogens is 2. The van der Waals surface area contributed by atoms with Gasteiger partial charge in [-0.25, -0.2) is 8.78 Å². The van der Waals surface area contributed by atoms with Crippen molar-refractivity contribution in [3.05, 3.63) is 131 Å². The number of hydrogen-bond acceptors (Lipinski definition) is 13. The van der Waals surface area contributed by atoms with Crippen LogP contribution in [0.15, 0.2) is 101 Å². The molecule has 0 bridgehead atoms. The minimum atomic E-state index is -4.03. The number of anilines is 2. The van der Waals surface area contributed by atoms with Gasteiger partial charge >= 0.3 is 33.3 Å². The van der Waals surface area contributed by atoms with Crippen LogP contribution in [0.5, 0.6) is 0 Å². The van der Waals surface area contributed by atoms with Gasteiger partial charge in [-0.2, -0.15) is 43.0 Å². The smallest absolute Gasteiger partial charge is 0.315 e. The Morgan fingerprint density at radius 2 is 1.10 bits per heavy atom. The maximum absolute atomic E-state index is 15.1. The van der Waals surface area contributed by atoms with Crippen LogP contribution in [0.2, 0.25) is 0 Å². The van der Waals surface area contributed by atoms with Gasteiger partial charge in [-0.1, -0.05) is 54.6 Å². The molecule has 4 aliphatic rings. The van der Waals surface area contributed by atoms with Crippen LogP contribution in [0.25, 0.3) is 11.5 Å². The largest absolute Gasteiger partial charge is 0.415 e. The highest BCUT2D eigenvalue weighted by Crippen LogP contribution is 2.30. The Morgan fingerprint density at radius 3 is 1.49 bits per heavy atom. The molecule has 18 nitrogen and oxygen atoms in total. The minimum Gasteiger partial charge on any atom is -0.415 e. The van der Waals surface area contributed by atoms with Gasteiger partial charge in [0, 0.05) is 74.6 Å². The molecule has 9 rings (SSSR count). The number of Topliss-reactive ketones (excluding diaryl/α,β-unsaturated/α-hetero) is 1. The molecule has 4 aliphatic heterocycles. The number of hydrogen-bond donors (Lipinski definition) is 1. The number of piperazine rings is 2. The van der Waals surface area contributed by atoms with Crippen molar-refractivity contribution in [1.29, 1.82) is 0 Å². The topological polar surface area (TPSA) is 191 Å². The lowest BCUT2D eigenvalue weighted by molar-refractivity contribution is -0.131. The monoisotopic (exact) mass is 1060 g/mol. The van der Waals surface area contributed by atoms with E-state index < -0.39 is 69.0 Å². The Balaban J connectivity index is 0.000000195. The molecule has 0 spiro atoms. The number of ether oxygens (including phenoxy) is 2. The lowest BCUT2D eigenvalue weighted by Crippen LogP contribution is -2.59. The summed E-state index contributed by atoms with van der Waals surface area (Å²) in [6.07, 6.45) is -6.21. The zero-order valence-electron chi connectivity index (χ0n) is 39.0. The number of nitrogens with zero attached hydrogens (tertiary/aromatic N) is 8. The number of benzene rings is 4. The number of nitrogens with one attached hydrogen (secondary N) is 1. The molecule has 73 heavy (non-hydrogen) atoms. The molecule has 0 atom stereocenters. The Morgan fingerprint density at radius 1 is 0.630 bits per heavy atom.